The fourth-order valence-electron chi connectivity index (χ4n) is 3.67. The van der Waals surface area contributed by atoms with Gasteiger partial charge in [-0.1, -0.05) is 6.07 Å². The molecule has 1 aromatic heterocycles. The number of hydrogen-bond acceptors (Lipinski definition) is 4. The topological polar surface area (TPSA) is 62.7 Å². The third kappa shape index (κ3) is 3.22. The smallest absolute Gasteiger partial charge is 0.242 e. The number of amides is 2. The summed E-state index contributed by atoms with van der Waals surface area (Å²) in [6, 6.07) is 3.71. The highest BCUT2D eigenvalue weighted by Crippen LogP contribution is 2.32. The van der Waals surface area contributed by atoms with Gasteiger partial charge < -0.3 is 14.5 Å². The van der Waals surface area contributed by atoms with Gasteiger partial charge in [-0.15, -0.1) is 0 Å². The number of pyridine rings is 1. The van der Waals surface area contributed by atoms with Gasteiger partial charge in [0.15, 0.2) is 0 Å². The Balaban J connectivity index is 1.76. The van der Waals surface area contributed by atoms with Gasteiger partial charge >= 0.3 is 0 Å². The number of nitrogens with zero attached hydrogens (tertiary/aromatic N) is 3. The highest BCUT2D eigenvalue weighted by molar-refractivity contribution is 5.87. The molecule has 6 nitrogen and oxygen atoms in total. The number of ether oxygens (including phenoxy) is 1. The predicted molar refractivity (Wildman–Crippen MR) is 84.7 cm³/mol. The van der Waals surface area contributed by atoms with Crippen molar-refractivity contribution in [2.24, 2.45) is 0 Å². The molecular formula is C17H23N3O3. The van der Waals surface area contributed by atoms with Gasteiger partial charge in [0.25, 0.3) is 0 Å². The van der Waals surface area contributed by atoms with E-state index in [1.165, 1.54) is 0 Å². The molecule has 124 valence electrons. The lowest BCUT2D eigenvalue weighted by Gasteiger charge is -2.52. The molecule has 1 spiro atoms. The van der Waals surface area contributed by atoms with Gasteiger partial charge in [-0.05, 0) is 31.4 Å². The number of hydrogen-bond donors (Lipinski definition) is 0. The summed E-state index contributed by atoms with van der Waals surface area (Å²) in [5.41, 5.74) is 0.622. The second-order valence-corrected chi connectivity index (χ2v) is 6.26. The van der Waals surface area contributed by atoms with Crippen LogP contribution in [0.15, 0.2) is 24.5 Å². The van der Waals surface area contributed by atoms with E-state index in [4.69, 9.17) is 4.74 Å². The quantitative estimate of drug-likeness (QED) is 0.830. The molecule has 0 atom stereocenters. The van der Waals surface area contributed by atoms with Crippen LogP contribution in [0.5, 0.6) is 0 Å². The van der Waals surface area contributed by atoms with E-state index in [0.29, 0.717) is 32.7 Å². The summed E-state index contributed by atoms with van der Waals surface area (Å²) in [7, 11) is 0. The zero-order chi connectivity index (χ0) is 16.3. The summed E-state index contributed by atoms with van der Waals surface area (Å²) < 4.78 is 5.47. The van der Waals surface area contributed by atoms with Crippen molar-refractivity contribution < 1.29 is 14.3 Å². The molecule has 6 heteroatoms. The maximum atomic E-state index is 12.6. The summed E-state index contributed by atoms with van der Waals surface area (Å²) in [6.07, 6.45) is 5.27. The Morgan fingerprint density at radius 2 is 2.17 bits per heavy atom. The lowest BCUT2D eigenvalue weighted by molar-refractivity contribution is -0.160. The van der Waals surface area contributed by atoms with Gasteiger partial charge in [0.05, 0.1) is 18.5 Å². The molecule has 2 saturated heterocycles. The fraction of sp³-hybridized carbons (Fsp3) is 0.588. The monoisotopic (exact) mass is 317 g/mol. The first-order valence-electron chi connectivity index (χ1n) is 8.19. The minimum absolute atomic E-state index is 0.00651. The minimum atomic E-state index is -0.257. The zero-order valence-corrected chi connectivity index (χ0v) is 13.5. The van der Waals surface area contributed by atoms with E-state index < -0.39 is 0 Å². The number of aromatic nitrogens is 1. The van der Waals surface area contributed by atoms with Crippen LogP contribution in [0, 0.1) is 0 Å². The lowest BCUT2D eigenvalue weighted by Crippen LogP contribution is -2.67. The molecule has 0 radical (unpaired) electrons. The first kappa shape index (κ1) is 15.9. The Hall–Kier alpha value is -1.95. The standard InChI is InChI=1S/C17H23N3O3/c1-2-20-16(22)12-19(13-17(20)5-8-23-9-6-17)15(21)10-14-4-3-7-18-11-14/h3-4,7,11H,2,5-6,8-10,12-13H2,1H3. The normalized spacial score (nSPS) is 20.8. The third-order valence-electron chi connectivity index (χ3n) is 4.86. The maximum absolute atomic E-state index is 12.6. The van der Waals surface area contributed by atoms with Gasteiger partial charge in [-0.2, -0.15) is 0 Å². The third-order valence-corrected chi connectivity index (χ3v) is 4.86. The molecule has 0 bridgehead atoms. The first-order chi connectivity index (χ1) is 11.1. The van der Waals surface area contributed by atoms with Crippen LogP contribution in [0.3, 0.4) is 0 Å². The Labute approximate surface area is 136 Å². The van der Waals surface area contributed by atoms with Crippen LogP contribution in [-0.4, -0.2) is 65.0 Å². The van der Waals surface area contributed by atoms with E-state index >= 15 is 0 Å². The Kier molecular flexibility index (Phi) is 4.61. The van der Waals surface area contributed by atoms with Crippen LogP contribution in [0.25, 0.3) is 0 Å². The molecule has 0 saturated carbocycles. The number of carbonyl (C=O) groups excluding carboxylic acids is 2. The minimum Gasteiger partial charge on any atom is -0.381 e. The van der Waals surface area contributed by atoms with Crippen molar-refractivity contribution in [3.05, 3.63) is 30.1 Å². The largest absolute Gasteiger partial charge is 0.381 e. The molecule has 2 fully saturated rings. The lowest BCUT2D eigenvalue weighted by atomic mass is 9.85. The average Bonchev–Trinajstić information content (AvgIpc) is 2.56. The molecule has 0 unspecified atom stereocenters. The molecule has 1 aromatic rings. The van der Waals surface area contributed by atoms with Gasteiger partial charge in [-0.25, -0.2) is 0 Å². The molecule has 0 aliphatic carbocycles. The molecule has 23 heavy (non-hydrogen) atoms. The summed E-state index contributed by atoms with van der Waals surface area (Å²) >= 11 is 0. The maximum Gasteiger partial charge on any atom is 0.242 e. The van der Waals surface area contributed by atoms with Crippen molar-refractivity contribution in [1.29, 1.82) is 0 Å². The number of rotatable bonds is 3. The number of piperazine rings is 1. The van der Waals surface area contributed by atoms with Crippen LogP contribution < -0.4 is 0 Å². The molecule has 2 aliphatic heterocycles. The Morgan fingerprint density at radius 1 is 1.39 bits per heavy atom. The summed E-state index contributed by atoms with van der Waals surface area (Å²) in [5.74, 6) is 0.0353. The van der Waals surface area contributed by atoms with Crippen LogP contribution in [0.4, 0.5) is 0 Å². The van der Waals surface area contributed by atoms with Crippen molar-refractivity contribution in [3.8, 4) is 0 Å². The Morgan fingerprint density at radius 3 is 2.83 bits per heavy atom. The first-order valence-corrected chi connectivity index (χ1v) is 8.19. The van der Waals surface area contributed by atoms with Crippen molar-refractivity contribution in [2.75, 3.05) is 32.8 Å². The number of carbonyl (C=O) groups is 2. The molecular weight excluding hydrogens is 294 g/mol. The van der Waals surface area contributed by atoms with E-state index in [1.807, 2.05) is 24.0 Å². The van der Waals surface area contributed by atoms with Crippen molar-refractivity contribution >= 4 is 11.8 Å². The molecule has 0 aromatic carbocycles. The number of likely N-dealkylation sites (N-methyl/N-ethyl adjacent to an activating group) is 1. The SMILES string of the molecule is CCN1C(=O)CN(C(=O)Cc2cccnc2)CC12CCOCC2. The summed E-state index contributed by atoms with van der Waals surface area (Å²) in [5, 5.41) is 0. The van der Waals surface area contributed by atoms with E-state index in [9.17, 15) is 9.59 Å². The van der Waals surface area contributed by atoms with Crippen molar-refractivity contribution in [3.63, 3.8) is 0 Å². The van der Waals surface area contributed by atoms with E-state index in [2.05, 4.69) is 4.98 Å². The summed E-state index contributed by atoms with van der Waals surface area (Å²) in [4.78, 5) is 32.9. The van der Waals surface area contributed by atoms with E-state index in [1.54, 1.807) is 17.3 Å². The van der Waals surface area contributed by atoms with Gasteiger partial charge in [0.1, 0.15) is 0 Å². The van der Waals surface area contributed by atoms with E-state index in [-0.39, 0.29) is 23.9 Å². The van der Waals surface area contributed by atoms with Crippen LogP contribution >= 0.6 is 0 Å². The second-order valence-electron chi connectivity index (χ2n) is 6.26. The van der Waals surface area contributed by atoms with Gasteiger partial charge in [0.2, 0.25) is 11.8 Å². The van der Waals surface area contributed by atoms with Gasteiger partial charge in [0, 0.05) is 38.7 Å². The van der Waals surface area contributed by atoms with Gasteiger partial charge in [-0.3, -0.25) is 14.6 Å². The average molecular weight is 317 g/mol. The highest BCUT2D eigenvalue weighted by Gasteiger charge is 2.46. The predicted octanol–water partition coefficient (Wildman–Crippen LogP) is 0.864. The molecule has 3 heterocycles. The molecule has 3 rings (SSSR count). The van der Waals surface area contributed by atoms with E-state index in [0.717, 1.165) is 18.4 Å². The van der Waals surface area contributed by atoms with Crippen LogP contribution in [-0.2, 0) is 20.7 Å². The molecule has 2 amide bonds. The zero-order valence-electron chi connectivity index (χ0n) is 13.5. The summed E-state index contributed by atoms with van der Waals surface area (Å²) in [6.45, 7) is 4.76. The van der Waals surface area contributed by atoms with Crippen LogP contribution in [0.2, 0.25) is 0 Å². The van der Waals surface area contributed by atoms with Crippen molar-refractivity contribution in [1.82, 2.24) is 14.8 Å². The highest BCUT2D eigenvalue weighted by atomic mass is 16.5. The Bertz CT molecular complexity index is 570. The van der Waals surface area contributed by atoms with Crippen LogP contribution in [0.1, 0.15) is 25.3 Å². The second kappa shape index (κ2) is 6.66. The van der Waals surface area contributed by atoms with Crippen molar-refractivity contribution in [2.45, 2.75) is 31.7 Å². The fourth-order valence-corrected chi connectivity index (χ4v) is 3.67. The molecule has 2 aliphatic rings. The molecule has 0 N–H and O–H groups in total.